The Labute approximate surface area is 127 Å². The average Bonchev–Trinajstić information content (AvgIpc) is 2.91. The molecule has 7 heteroatoms. The first-order valence-corrected chi connectivity index (χ1v) is 6.92. The van der Waals surface area contributed by atoms with Gasteiger partial charge in [-0.1, -0.05) is 6.07 Å². The molecule has 2 heterocycles. The quantitative estimate of drug-likeness (QED) is 0.813. The van der Waals surface area contributed by atoms with Crippen LogP contribution in [0.15, 0.2) is 24.3 Å². The summed E-state index contributed by atoms with van der Waals surface area (Å²) in [6.07, 6.45) is 0.675. The van der Waals surface area contributed by atoms with E-state index in [0.717, 1.165) is 10.6 Å². The van der Waals surface area contributed by atoms with Crippen molar-refractivity contribution in [1.29, 1.82) is 0 Å². The summed E-state index contributed by atoms with van der Waals surface area (Å²) >= 11 is 0. The summed E-state index contributed by atoms with van der Waals surface area (Å²) in [6, 6.07) is 6.62. The van der Waals surface area contributed by atoms with Crippen molar-refractivity contribution in [3.63, 3.8) is 0 Å². The summed E-state index contributed by atoms with van der Waals surface area (Å²) in [4.78, 5) is 25.8. The normalized spacial score (nSPS) is 13.5. The van der Waals surface area contributed by atoms with E-state index in [1.807, 2.05) is 0 Å². The molecule has 3 N–H and O–H groups in total. The Kier molecular flexibility index (Phi) is 3.64. The van der Waals surface area contributed by atoms with Gasteiger partial charge in [0.25, 0.3) is 5.91 Å². The number of imide groups is 1. The number of benzene rings is 1. The third-order valence-electron chi connectivity index (χ3n) is 3.54. The molecule has 2 amide bonds. The fraction of sp³-hybridized carbons (Fsp3) is 0.267. The van der Waals surface area contributed by atoms with Gasteiger partial charge < -0.3 is 10.5 Å². The molecule has 0 atom stereocenters. The molecule has 0 saturated heterocycles. The average molecular weight is 300 g/mol. The van der Waals surface area contributed by atoms with Gasteiger partial charge in [-0.2, -0.15) is 5.10 Å². The van der Waals surface area contributed by atoms with Gasteiger partial charge >= 0.3 is 0 Å². The second-order valence-electron chi connectivity index (χ2n) is 5.09. The minimum Gasteiger partial charge on any atom is -0.399 e. The van der Waals surface area contributed by atoms with Crippen molar-refractivity contribution in [2.75, 3.05) is 17.2 Å². The number of anilines is 2. The molecule has 1 aromatic heterocycles. The number of nitrogens with two attached hydrogens (primary N) is 1. The largest absolute Gasteiger partial charge is 0.399 e. The van der Waals surface area contributed by atoms with Gasteiger partial charge in [-0.25, -0.2) is 4.90 Å². The molecule has 22 heavy (non-hydrogen) atoms. The third kappa shape index (κ3) is 2.46. The van der Waals surface area contributed by atoms with Gasteiger partial charge in [-0.05, 0) is 18.2 Å². The smallest absolute Gasteiger partial charge is 0.285 e. The van der Waals surface area contributed by atoms with Crippen molar-refractivity contribution in [2.45, 2.75) is 20.0 Å². The van der Waals surface area contributed by atoms with E-state index in [2.05, 4.69) is 10.2 Å². The van der Waals surface area contributed by atoms with Crippen molar-refractivity contribution < 1.29 is 14.3 Å². The number of hydrogen-bond donors (Lipinski definition) is 2. The van der Waals surface area contributed by atoms with Crippen LogP contribution in [0.1, 0.15) is 28.7 Å². The van der Waals surface area contributed by atoms with E-state index < -0.39 is 11.8 Å². The minimum atomic E-state index is -0.485. The standard InChI is InChI=1S/C15H16N4O3/c1-9(20)19(11-4-2-3-10(16)7-11)15(21)14-12-8-22-6-5-13(12)17-18-14/h2-4,7H,5-6,8,16H2,1H3,(H,17,18). The van der Waals surface area contributed by atoms with Crippen LogP contribution >= 0.6 is 0 Å². The van der Waals surface area contributed by atoms with E-state index in [9.17, 15) is 9.59 Å². The maximum Gasteiger partial charge on any atom is 0.285 e. The van der Waals surface area contributed by atoms with Crippen LogP contribution in [0.25, 0.3) is 0 Å². The Morgan fingerprint density at radius 1 is 1.41 bits per heavy atom. The molecule has 2 aromatic rings. The maximum atomic E-state index is 12.8. The van der Waals surface area contributed by atoms with Gasteiger partial charge in [0.05, 0.1) is 18.9 Å². The second-order valence-corrected chi connectivity index (χ2v) is 5.09. The number of nitrogens with one attached hydrogen (secondary N) is 1. The van der Waals surface area contributed by atoms with E-state index in [0.29, 0.717) is 36.6 Å². The Bertz CT molecular complexity index is 738. The Morgan fingerprint density at radius 2 is 2.23 bits per heavy atom. The first-order chi connectivity index (χ1) is 10.6. The Balaban J connectivity index is 2.00. The molecule has 0 saturated carbocycles. The van der Waals surface area contributed by atoms with Crippen LogP contribution in [0.4, 0.5) is 11.4 Å². The van der Waals surface area contributed by atoms with E-state index in [1.165, 1.54) is 6.92 Å². The number of carbonyl (C=O) groups is 2. The van der Waals surface area contributed by atoms with Crippen molar-refractivity contribution in [2.24, 2.45) is 0 Å². The number of rotatable bonds is 2. The number of hydrogen-bond acceptors (Lipinski definition) is 5. The van der Waals surface area contributed by atoms with Crippen LogP contribution in [-0.4, -0.2) is 28.6 Å². The SMILES string of the molecule is CC(=O)N(C(=O)c1n[nH]c2c1COCC2)c1cccc(N)c1. The first-order valence-electron chi connectivity index (χ1n) is 6.92. The van der Waals surface area contributed by atoms with Crippen molar-refractivity contribution >= 4 is 23.2 Å². The predicted molar refractivity (Wildman–Crippen MR) is 80.3 cm³/mol. The Hall–Kier alpha value is -2.67. The predicted octanol–water partition coefficient (Wildman–Crippen LogP) is 1.26. The molecule has 114 valence electrons. The molecular weight excluding hydrogens is 284 g/mol. The molecule has 0 spiro atoms. The molecule has 1 aliphatic rings. The summed E-state index contributed by atoms with van der Waals surface area (Å²) in [5.74, 6) is -0.884. The molecule has 0 aliphatic carbocycles. The van der Waals surface area contributed by atoms with Gasteiger partial charge in [-0.15, -0.1) is 0 Å². The molecule has 0 bridgehead atoms. The van der Waals surface area contributed by atoms with Gasteiger partial charge in [-0.3, -0.25) is 14.7 Å². The highest BCUT2D eigenvalue weighted by Gasteiger charge is 2.29. The highest BCUT2D eigenvalue weighted by Crippen LogP contribution is 2.24. The van der Waals surface area contributed by atoms with Gasteiger partial charge in [0, 0.05) is 30.3 Å². The fourth-order valence-corrected chi connectivity index (χ4v) is 2.50. The van der Waals surface area contributed by atoms with Crippen molar-refractivity contribution in [3.8, 4) is 0 Å². The number of aromatic nitrogens is 2. The zero-order chi connectivity index (χ0) is 15.7. The molecule has 0 fully saturated rings. The van der Waals surface area contributed by atoms with Gasteiger partial charge in [0.15, 0.2) is 5.69 Å². The van der Waals surface area contributed by atoms with Crippen molar-refractivity contribution in [1.82, 2.24) is 10.2 Å². The second kappa shape index (κ2) is 5.61. The van der Waals surface area contributed by atoms with Crippen LogP contribution in [0.5, 0.6) is 0 Å². The molecule has 3 rings (SSSR count). The fourth-order valence-electron chi connectivity index (χ4n) is 2.50. The van der Waals surface area contributed by atoms with Crippen LogP contribution in [-0.2, 0) is 22.6 Å². The number of aromatic amines is 1. The molecule has 0 radical (unpaired) electrons. The number of carbonyl (C=O) groups excluding carboxylic acids is 2. The number of amides is 2. The lowest BCUT2D eigenvalue weighted by atomic mass is 10.1. The van der Waals surface area contributed by atoms with Gasteiger partial charge in [0.1, 0.15) is 0 Å². The number of nitrogens with zero attached hydrogens (tertiary/aromatic N) is 2. The number of ether oxygens (including phenoxy) is 1. The first kappa shape index (κ1) is 14.3. The van der Waals surface area contributed by atoms with E-state index in [4.69, 9.17) is 10.5 Å². The lowest BCUT2D eigenvalue weighted by Crippen LogP contribution is -2.36. The molecule has 0 unspecified atom stereocenters. The van der Waals surface area contributed by atoms with Crippen LogP contribution in [0.3, 0.4) is 0 Å². The Morgan fingerprint density at radius 3 is 2.95 bits per heavy atom. The zero-order valence-electron chi connectivity index (χ0n) is 12.1. The number of fused-ring (bicyclic) bond motifs is 1. The van der Waals surface area contributed by atoms with E-state index in [1.54, 1.807) is 24.3 Å². The summed E-state index contributed by atoms with van der Waals surface area (Å²) in [7, 11) is 0. The van der Waals surface area contributed by atoms with Crippen molar-refractivity contribution in [3.05, 3.63) is 41.2 Å². The molecular formula is C15H16N4O3. The summed E-state index contributed by atoms with van der Waals surface area (Å²) in [5.41, 5.74) is 8.44. The minimum absolute atomic E-state index is 0.215. The number of H-pyrrole nitrogens is 1. The van der Waals surface area contributed by atoms with Crippen LogP contribution in [0, 0.1) is 0 Å². The summed E-state index contributed by atoms with van der Waals surface area (Å²) in [6.45, 7) is 2.24. The summed E-state index contributed by atoms with van der Waals surface area (Å²) in [5, 5.41) is 6.92. The molecule has 7 nitrogen and oxygen atoms in total. The summed E-state index contributed by atoms with van der Waals surface area (Å²) < 4.78 is 5.37. The van der Waals surface area contributed by atoms with E-state index >= 15 is 0 Å². The highest BCUT2D eigenvalue weighted by molar-refractivity contribution is 6.20. The van der Waals surface area contributed by atoms with Crippen LogP contribution < -0.4 is 10.6 Å². The van der Waals surface area contributed by atoms with Gasteiger partial charge in [0.2, 0.25) is 5.91 Å². The lowest BCUT2D eigenvalue weighted by molar-refractivity contribution is -0.115. The molecule has 1 aromatic carbocycles. The maximum absolute atomic E-state index is 12.8. The lowest BCUT2D eigenvalue weighted by Gasteiger charge is -2.20. The molecule has 1 aliphatic heterocycles. The van der Waals surface area contributed by atoms with Crippen LogP contribution in [0.2, 0.25) is 0 Å². The topological polar surface area (TPSA) is 101 Å². The zero-order valence-corrected chi connectivity index (χ0v) is 12.1. The monoisotopic (exact) mass is 300 g/mol. The number of nitrogen functional groups attached to an aromatic ring is 1. The highest BCUT2D eigenvalue weighted by atomic mass is 16.5. The third-order valence-corrected chi connectivity index (χ3v) is 3.54. The van der Waals surface area contributed by atoms with E-state index in [-0.39, 0.29) is 5.69 Å².